The molecule has 0 saturated carbocycles. The van der Waals surface area contributed by atoms with Crippen LogP contribution in [0.3, 0.4) is 0 Å². The molecule has 1 aliphatic heterocycles. The predicted molar refractivity (Wildman–Crippen MR) is 126 cm³/mol. The summed E-state index contributed by atoms with van der Waals surface area (Å²) in [5.41, 5.74) is 1.66. The maximum Gasteiger partial charge on any atom is 0.310 e. The van der Waals surface area contributed by atoms with Crippen molar-refractivity contribution in [1.82, 2.24) is 0 Å². The highest BCUT2D eigenvalue weighted by Gasteiger charge is 2.34. The monoisotopic (exact) mass is 465 g/mol. The van der Waals surface area contributed by atoms with E-state index in [9.17, 15) is 9.59 Å². The van der Waals surface area contributed by atoms with Crippen molar-refractivity contribution in [3.05, 3.63) is 83.4 Å². The van der Waals surface area contributed by atoms with Crippen molar-refractivity contribution in [2.45, 2.75) is 32.4 Å². The van der Waals surface area contributed by atoms with E-state index >= 15 is 0 Å². The first kappa shape index (κ1) is 22.7. The van der Waals surface area contributed by atoms with Gasteiger partial charge in [0, 0.05) is 23.9 Å². The van der Waals surface area contributed by atoms with Gasteiger partial charge in [-0.3, -0.25) is 9.59 Å². The third-order valence-electron chi connectivity index (χ3n) is 5.17. The normalized spacial score (nSPS) is 14.9. The summed E-state index contributed by atoms with van der Waals surface area (Å²) in [5, 5.41) is 0.623. The fourth-order valence-corrected chi connectivity index (χ4v) is 3.77. The van der Waals surface area contributed by atoms with Gasteiger partial charge < -0.3 is 19.1 Å². The highest BCUT2D eigenvalue weighted by atomic mass is 35.5. The number of carbonyl (C=O) groups is 2. The number of benzene rings is 3. The molecule has 3 aromatic carbocycles. The number of para-hydroxylation sites is 2. The molecule has 0 fully saturated rings. The number of ether oxygens (including phenoxy) is 3. The Morgan fingerprint density at radius 3 is 2.64 bits per heavy atom. The van der Waals surface area contributed by atoms with Crippen LogP contribution >= 0.6 is 11.6 Å². The minimum absolute atomic E-state index is 0.136. The summed E-state index contributed by atoms with van der Waals surface area (Å²) in [7, 11) is 0. The van der Waals surface area contributed by atoms with Gasteiger partial charge >= 0.3 is 5.97 Å². The largest absolute Gasteiger partial charge is 0.493 e. The fourth-order valence-electron chi connectivity index (χ4n) is 3.55. The van der Waals surface area contributed by atoms with E-state index in [-0.39, 0.29) is 18.5 Å². The van der Waals surface area contributed by atoms with E-state index in [4.69, 9.17) is 25.8 Å². The molecule has 0 radical (unpaired) electrons. The van der Waals surface area contributed by atoms with Gasteiger partial charge in [0.05, 0.1) is 18.8 Å². The number of hydrogen-bond acceptors (Lipinski definition) is 5. The number of esters is 1. The lowest BCUT2D eigenvalue weighted by molar-refractivity contribution is -0.134. The maximum absolute atomic E-state index is 13.3. The molecule has 1 aliphatic rings. The second kappa shape index (κ2) is 10.4. The van der Waals surface area contributed by atoms with Crippen LogP contribution in [-0.2, 0) is 16.1 Å². The van der Waals surface area contributed by atoms with Gasteiger partial charge in [0.25, 0.3) is 5.91 Å². The lowest BCUT2D eigenvalue weighted by Crippen LogP contribution is -2.46. The van der Waals surface area contributed by atoms with Gasteiger partial charge in [0.15, 0.2) is 6.10 Å². The minimum atomic E-state index is -0.680. The molecule has 0 spiro atoms. The predicted octanol–water partition coefficient (Wildman–Crippen LogP) is 5.42. The molecular formula is C26H24ClNO5. The van der Waals surface area contributed by atoms with E-state index in [0.717, 1.165) is 11.3 Å². The van der Waals surface area contributed by atoms with Crippen molar-refractivity contribution in [2.24, 2.45) is 0 Å². The smallest absolute Gasteiger partial charge is 0.310 e. The SMILES string of the molecule is CCC(=O)Oc1cccc(OCCC2Oc3ccccc3N(Cc3cccc(Cl)c3)C2=O)c1. The second-order valence-corrected chi connectivity index (χ2v) is 8.00. The molecule has 3 aromatic rings. The zero-order chi connectivity index (χ0) is 23.2. The Kier molecular flexibility index (Phi) is 7.15. The lowest BCUT2D eigenvalue weighted by atomic mass is 10.1. The van der Waals surface area contributed by atoms with Crippen LogP contribution in [0.4, 0.5) is 5.69 Å². The highest BCUT2D eigenvalue weighted by molar-refractivity contribution is 6.30. The topological polar surface area (TPSA) is 65.1 Å². The highest BCUT2D eigenvalue weighted by Crippen LogP contribution is 2.35. The molecule has 6 nitrogen and oxygen atoms in total. The molecule has 0 aromatic heterocycles. The van der Waals surface area contributed by atoms with Crippen LogP contribution in [0.15, 0.2) is 72.8 Å². The summed E-state index contributed by atoms with van der Waals surface area (Å²) in [6, 6.07) is 21.8. The zero-order valence-electron chi connectivity index (χ0n) is 18.2. The first-order valence-electron chi connectivity index (χ1n) is 10.8. The molecule has 7 heteroatoms. The first-order valence-corrected chi connectivity index (χ1v) is 11.2. The summed E-state index contributed by atoms with van der Waals surface area (Å²) in [6.45, 7) is 2.38. The standard InChI is InChI=1S/C26H24ClNO5/c1-2-25(29)32-21-10-6-9-20(16-21)31-14-13-24-26(30)28(17-18-7-5-8-19(27)15-18)22-11-3-4-12-23(22)33-24/h3-12,15-16,24H,2,13-14,17H2,1H3. The quantitative estimate of drug-likeness (QED) is 0.328. The van der Waals surface area contributed by atoms with E-state index in [1.165, 1.54) is 0 Å². The van der Waals surface area contributed by atoms with Crippen molar-refractivity contribution in [3.8, 4) is 17.2 Å². The third-order valence-corrected chi connectivity index (χ3v) is 5.41. The second-order valence-electron chi connectivity index (χ2n) is 7.57. The van der Waals surface area contributed by atoms with Crippen LogP contribution in [0.1, 0.15) is 25.3 Å². The van der Waals surface area contributed by atoms with Gasteiger partial charge in [0.1, 0.15) is 17.2 Å². The molecule has 0 bridgehead atoms. The van der Waals surface area contributed by atoms with Crippen LogP contribution in [0, 0.1) is 0 Å². The Balaban J connectivity index is 1.44. The number of anilines is 1. The number of nitrogens with zero attached hydrogens (tertiary/aromatic N) is 1. The lowest BCUT2D eigenvalue weighted by Gasteiger charge is -2.34. The first-order chi connectivity index (χ1) is 16.0. The summed E-state index contributed by atoms with van der Waals surface area (Å²) in [4.78, 5) is 26.5. The van der Waals surface area contributed by atoms with Crippen LogP contribution in [-0.4, -0.2) is 24.6 Å². The van der Waals surface area contributed by atoms with Crippen molar-refractivity contribution in [3.63, 3.8) is 0 Å². The molecule has 0 saturated heterocycles. The van der Waals surface area contributed by atoms with Crippen molar-refractivity contribution in [1.29, 1.82) is 0 Å². The van der Waals surface area contributed by atoms with E-state index in [1.807, 2.05) is 42.5 Å². The number of halogens is 1. The van der Waals surface area contributed by atoms with Crippen molar-refractivity contribution < 1.29 is 23.8 Å². The molecular weight excluding hydrogens is 442 g/mol. The Hall–Kier alpha value is -3.51. The Morgan fingerprint density at radius 2 is 1.82 bits per heavy atom. The molecule has 4 rings (SSSR count). The molecule has 33 heavy (non-hydrogen) atoms. The van der Waals surface area contributed by atoms with E-state index < -0.39 is 6.10 Å². The number of hydrogen-bond donors (Lipinski definition) is 0. The molecule has 1 atom stereocenters. The average molecular weight is 466 g/mol. The summed E-state index contributed by atoms with van der Waals surface area (Å²) in [5.74, 6) is 1.18. The van der Waals surface area contributed by atoms with Gasteiger partial charge in [-0.1, -0.05) is 48.9 Å². The molecule has 1 amide bonds. The van der Waals surface area contributed by atoms with Crippen molar-refractivity contribution in [2.75, 3.05) is 11.5 Å². The van der Waals surface area contributed by atoms with Gasteiger partial charge in [-0.25, -0.2) is 0 Å². The molecule has 0 N–H and O–H groups in total. The maximum atomic E-state index is 13.3. The Labute approximate surface area is 197 Å². The summed E-state index contributed by atoms with van der Waals surface area (Å²) >= 11 is 6.13. The molecule has 1 unspecified atom stereocenters. The van der Waals surface area contributed by atoms with Crippen LogP contribution in [0.5, 0.6) is 17.2 Å². The number of amides is 1. The number of fused-ring (bicyclic) bond motifs is 1. The third kappa shape index (κ3) is 5.65. The van der Waals surface area contributed by atoms with E-state index in [0.29, 0.717) is 41.7 Å². The minimum Gasteiger partial charge on any atom is -0.493 e. The number of rotatable bonds is 8. The van der Waals surface area contributed by atoms with E-state index in [2.05, 4.69) is 0 Å². The van der Waals surface area contributed by atoms with Crippen molar-refractivity contribution >= 4 is 29.2 Å². The molecule has 0 aliphatic carbocycles. The number of carbonyl (C=O) groups excluding carboxylic acids is 2. The summed E-state index contributed by atoms with van der Waals surface area (Å²) < 4.78 is 17.0. The van der Waals surface area contributed by atoms with Crippen LogP contribution in [0.2, 0.25) is 5.02 Å². The van der Waals surface area contributed by atoms with Gasteiger partial charge in [0.2, 0.25) is 0 Å². The molecule has 170 valence electrons. The average Bonchev–Trinajstić information content (AvgIpc) is 2.82. The van der Waals surface area contributed by atoms with Crippen LogP contribution in [0.25, 0.3) is 0 Å². The van der Waals surface area contributed by atoms with E-state index in [1.54, 1.807) is 42.2 Å². The van der Waals surface area contributed by atoms with Gasteiger partial charge in [-0.15, -0.1) is 0 Å². The van der Waals surface area contributed by atoms with Crippen LogP contribution < -0.4 is 19.1 Å². The zero-order valence-corrected chi connectivity index (χ0v) is 19.0. The summed E-state index contributed by atoms with van der Waals surface area (Å²) in [6.07, 6.45) is -0.0300. The van der Waals surface area contributed by atoms with Gasteiger partial charge in [-0.05, 0) is 42.0 Å². The Bertz CT molecular complexity index is 1150. The fraction of sp³-hybridized carbons (Fsp3) is 0.231. The van der Waals surface area contributed by atoms with Gasteiger partial charge in [-0.2, -0.15) is 0 Å². The Morgan fingerprint density at radius 1 is 1.03 bits per heavy atom. The molecule has 1 heterocycles.